The fourth-order valence-electron chi connectivity index (χ4n) is 8.46. The summed E-state index contributed by atoms with van der Waals surface area (Å²) in [6, 6.07) is 0. The number of hydrogen-bond donors (Lipinski definition) is 2. The molecule has 2 N–H and O–H groups in total. The zero-order valence-corrected chi connectivity index (χ0v) is 17.0. The van der Waals surface area contributed by atoms with E-state index in [1.54, 1.807) is 0 Å². The van der Waals surface area contributed by atoms with Gasteiger partial charge in [0.25, 0.3) is 0 Å². The average Bonchev–Trinajstić information content (AvgIpc) is 3.16. The van der Waals surface area contributed by atoms with Crippen molar-refractivity contribution >= 4 is 0 Å². The van der Waals surface area contributed by atoms with Crippen LogP contribution >= 0.6 is 0 Å². The molecular weight excluding hydrogens is 336 g/mol. The van der Waals surface area contributed by atoms with Crippen LogP contribution < -0.4 is 0 Å². The summed E-state index contributed by atoms with van der Waals surface area (Å²) >= 11 is 0. The number of allylic oxidation sites excluding steroid dienone is 1. The van der Waals surface area contributed by atoms with Gasteiger partial charge < -0.3 is 14.9 Å². The molecule has 3 nitrogen and oxygen atoms in total. The molecule has 0 aromatic rings. The highest BCUT2D eigenvalue weighted by molar-refractivity contribution is 5.30. The average molecular weight is 373 g/mol. The largest absolute Gasteiger partial charge is 0.490 e. The predicted molar refractivity (Wildman–Crippen MR) is 106 cm³/mol. The van der Waals surface area contributed by atoms with Gasteiger partial charge in [-0.25, -0.2) is 0 Å². The van der Waals surface area contributed by atoms with Crippen LogP contribution in [0.5, 0.6) is 0 Å². The first-order chi connectivity index (χ1) is 12.8. The van der Waals surface area contributed by atoms with E-state index in [1.807, 2.05) is 0 Å². The summed E-state index contributed by atoms with van der Waals surface area (Å²) in [5, 5.41) is 22.4. The monoisotopic (exact) mass is 372 g/mol. The minimum absolute atomic E-state index is 0.0364. The van der Waals surface area contributed by atoms with Crippen molar-refractivity contribution in [3.8, 4) is 0 Å². The van der Waals surface area contributed by atoms with Crippen LogP contribution in [0.2, 0.25) is 0 Å². The van der Waals surface area contributed by atoms with Crippen molar-refractivity contribution in [2.24, 2.45) is 34.5 Å². The van der Waals surface area contributed by atoms with E-state index in [0.29, 0.717) is 35.7 Å². The zero-order valence-electron chi connectivity index (χ0n) is 17.0. The fourth-order valence-corrected chi connectivity index (χ4v) is 8.46. The van der Waals surface area contributed by atoms with Crippen molar-refractivity contribution in [1.29, 1.82) is 0 Å². The van der Waals surface area contributed by atoms with Gasteiger partial charge in [-0.3, -0.25) is 0 Å². The molecule has 0 bridgehead atoms. The normalized spacial score (nSPS) is 54.6. The molecule has 0 aromatic carbocycles. The van der Waals surface area contributed by atoms with Crippen molar-refractivity contribution in [1.82, 2.24) is 0 Å². The van der Waals surface area contributed by atoms with Gasteiger partial charge >= 0.3 is 0 Å². The van der Waals surface area contributed by atoms with Crippen LogP contribution in [-0.2, 0) is 4.74 Å². The first kappa shape index (κ1) is 18.2. The number of aliphatic hydroxyl groups is 2. The van der Waals surface area contributed by atoms with E-state index in [4.69, 9.17) is 4.74 Å². The van der Waals surface area contributed by atoms with E-state index in [9.17, 15) is 10.2 Å². The van der Waals surface area contributed by atoms with Crippen LogP contribution in [0.25, 0.3) is 0 Å². The summed E-state index contributed by atoms with van der Waals surface area (Å²) in [6.07, 6.45) is 11.8. The molecule has 0 unspecified atom stereocenters. The molecule has 4 saturated carbocycles. The van der Waals surface area contributed by atoms with Gasteiger partial charge in [-0.15, -0.1) is 0 Å². The second-order valence-electron chi connectivity index (χ2n) is 10.9. The van der Waals surface area contributed by atoms with E-state index in [-0.39, 0.29) is 11.5 Å². The third kappa shape index (κ3) is 2.34. The third-order valence-electron chi connectivity index (χ3n) is 10.0. The summed E-state index contributed by atoms with van der Waals surface area (Å²) in [4.78, 5) is 0. The summed E-state index contributed by atoms with van der Waals surface area (Å²) in [7, 11) is 0. The first-order valence-electron chi connectivity index (χ1n) is 11.2. The lowest BCUT2D eigenvalue weighted by Gasteiger charge is -2.63. The Labute approximate surface area is 163 Å². The Balaban J connectivity index is 1.47. The summed E-state index contributed by atoms with van der Waals surface area (Å²) < 4.78 is 5.65. The van der Waals surface area contributed by atoms with E-state index in [1.165, 1.54) is 18.4 Å². The van der Waals surface area contributed by atoms with Gasteiger partial charge in [0, 0.05) is 5.41 Å². The Bertz CT molecular complexity index is 683. The molecule has 3 heteroatoms. The highest BCUT2D eigenvalue weighted by Crippen LogP contribution is 2.69. The van der Waals surface area contributed by atoms with E-state index < -0.39 is 5.60 Å². The van der Waals surface area contributed by atoms with Gasteiger partial charge in [-0.1, -0.05) is 20.4 Å². The van der Waals surface area contributed by atoms with Crippen molar-refractivity contribution in [2.75, 3.05) is 6.61 Å². The molecule has 0 aromatic heterocycles. The van der Waals surface area contributed by atoms with Crippen molar-refractivity contribution < 1.29 is 14.9 Å². The van der Waals surface area contributed by atoms with Gasteiger partial charge in [0.15, 0.2) is 0 Å². The molecule has 27 heavy (non-hydrogen) atoms. The lowest BCUT2D eigenvalue weighted by molar-refractivity contribution is -0.208. The van der Waals surface area contributed by atoms with Gasteiger partial charge in [0.2, 0.25) is 0 Å². The number of rotatable bonds is 1. The summed E-state index contributed by atoms with van der Waals surface area (Å²) in [5.74, 6) is 2.89. The molecule has 0 spiro atoms. The van der Waals surface area contributed by atoms with E-state index >= 15 is 0 Å². The van der Waals surface area contributed by atoms with Crippen LogP contribution in [0.3, 0.4) is 0 Å². The van der Waals surface area contributed by atoms with E-state index in [2.05, 4.69) is 26.5 Å². The Kier molecular flexibility index (Phi) is 3.96. The quantitative estimate of drug-likeness (QED) is 0.708. The molecule has 4 aliphatic carbocycles. The maximum absolute atomic E-state index is 12.2. The molecule has 5 rings (SSSR count). The maximum Gasteiger partial charge on any atom is 0.112 e. The minimum Gasteiger partial charge on any atom is -0.490 e. The molecule has 1 heterocycles. The molecule has 4 fully saturated rings. The molecule has 8 atom stereocenters. The SMILES string of the molecule is C=C1C=C([C@H]2CC[C@]3(O)[C@@H]4CC[C@@H]5C[C@@H](O)CC[C@]5(C)[C@H]4CC[C@]23C)CO1. The van der Waals surface area contributed by atoms with Crippen molar-refractivity contribution in [3.05, 3.63) is 24.0 Å². The number of aliphatic hydroxyl groups excluding tert-OH is 1. The molecule has 150 valence electrons. The first-order valence-corrected chi connectivity index (χ1v) is 11.2. The van der Waals surface area contributed by atoms with Crippen LogP contribution in [0.4, 0.5) is 0 Å². The molecule has 0 radical (unpaired) electrons. The van der Waals surface area contributed by atoms with Crippen LogP contribution in [0, 0.1) is 34.5 Å². The lowest BCUT2D eigenvalue weighted by Crippen LogP contribution is -2.62. The smallest absolute Gasteiger partial charge is 0.112 e. The Morgan fingerprint density at radius 1 is 1.04 bits per heavy atom. The summed E-state index contributed by atoms with van der Waals surface area (Å²) in [6.45, 7) is 9.48. The van der Waals surface area contributed by atoms with E-state index in [0.717, 1.165) is 50.7 Å². The maximum atomic E-state index is 12.2. The standard InChI is InChI=1S/C24H36O3/c1-15-12-16(14-27-15)19-8-11-24(26)21-5-4-17-13-18(25)6-9-22(17,2)20(21)7-10-23(19,24)3/h12,17-21,25-26H,1,4-11,13-14H2,2-3H3/t17-,18+,19-,20+,21-,22+,23-,24+/m1/s1. The van der Waals surface area contributed by atoms with Gasteiger partial charge in [-0.05, 0) is 98.5 Å². The number of ether oxygens (including phenoxy) is 1. The Morgan fingerprint density at radius 3 is 2.59 bits per heavy atom. The fraction of sp³-hybridized carbons (Fsp3) is 0.833. The molecule has 5 aliphatic rings. The molecule has 0 amide bonds. The second kappa shape index (κ2) is 5.86. The van der Waals surface area contributed by atoms with Gasteiger partial charge in [0.05, 0.1) is 11.7 Å². The molecule has 0 saturated heterocycles. The minimum atomic E-state index is -0.546. The van der Waals surface area contributed by atoms with Gasteiger partial charge in [-0.2, -0.15) is 0 Å². The number of hydrogen-bond acceptors (Lipinski definition) is 3. The van der Waals surface area contributed by atoms with Crippen molar-refractivity contribution in [2.45, 2.75) is 83.3 Å². The lowest BCUT2D eigenvalue weighted by atomic mass is 9.43. The van der Waals surface area contributed by atoms with Crippen molar-refractivity contribution in [3.63, 3.8) is 0 Å². The molecular formula is C24H36O3. The van der Waals surface area contributed by atoms with Gasteiger partial charge in [0.1, 0.15) is 12.4 Å². The third-order valence-corrected chi connectivity index (χ3v) is 10.0. The Morgan fingerprint density at radius 2 is 1.85 bits per heavy atom. The van der Waals surface area contributed by atoms with Crippen LogP contribution in [0.1, 0.15) is 71.6 Å². The highest BCUT2D eigenvalue weighted by Gasteiger charge is 2.67. The predicted octanol–water partition coefficient (Wildman–Crippen LogP) is 4.59. The second-order valence-corrected chi connectivity index (χ2v) is 10.9. The zero-order chi connectivity index (χ0) is 19.0. The summed E-state index contributed by atoms with van der Waals surface area (Å²) in [5.41, 5.74) is 1.08. The van der Waals surface area contributed by atoms with Crippen LogP contribution in [0.15, 0.2) is 24.0 Å². The number of fused-ring (bicyclic) bond motifs is 5. The highest BCUT2D eigenvalue weighted by atomic mass is 16.5. The Hall–Kier alpha value is -0.800. The molecule has 1 aliphatic heterocycles. The topological polar surface area (TPSA) is 49.7 Å². The van der Waals surface area contributed by atoms with Crippen LogP contribution in [-0.4, -0.2) is 28.5 Å².